The van der Waals surface area contributed by atoms with Gasteiger partial charge in [0.1, 0.15) is 0 Å². The molecule has 0 saturated heterocycles. The van der Waals surface area contributed by atoms with Gasteiger partial charge < -0.3 is 10.4 Å². The molecule has 1 aliphatic carbocycles. The molecular weight excluding hydrogens is 205 g/mol. The maximum atomic E-state index is 13.1. The molecule has 16 heavy (non-hydrogen) atoms. The molecule has 1 saturated carbocycles. The van der Waals surface area contributed by atoms with Crippen molar-refractivity contribution >= 4 is 0 Å². The third kappa shape index (κ3) is 2.35. The van der Waals surface area contributed by atoms with Crippen molar-refractivity contribution in [2.45, 2.75) is 38.8 Å². The fraction of sp³-hybridized carbons (Fsp3) is 0.538. The van der Waals surface area contributed by atoms with Crippen LogP contribution >= 0.6 is 0 Å². The second-order valence-electron chi connectivity index (χ2n) is 4.64. The Kier molecular flexibility index (Phi) is 3.44. The summed E-state index contributed by atoms with van der Waals surface area (Å²) in [5.74, 6) is -0.0878. The lowest BCUT2D eigenvalue weighted by Crippen LogP contribution is -2.30. The van der Waals surface area contributed by atoms with Gasteiger partial charge in [-0.25, -0.2) is 4.39 Å². The molecule has 2 atom stereocenters. The van der Waals surface area contributed by atoms with Gasteiger partial charge in [0.25, 0.3) is 0 Å². The molecule has 2 nitrogen and oxygen atoms in total. The predicted octanol–water partition coefficient (Wildman–Crippen LogP) is 2.81. The predicted molar refractivity (Wildman–Crippen MR) is 61.7 cm³/mol. The Balaban J connectivity index is 1.96. The number of phenols is 1. The van der Waals surface area contributed by atoms with E-state index in [0.29, 0.717) is 24.1 Å². The molecule has 2 N–H and O–H groups in total. The van der Waals surface area contributed by atoms with E-state index in [9.17, 15) is 9.50 Å². The van der Waals surface area contributed by atoms with Crippen molar-refractivity contribution in [3.8, 4) is 5.75 Å². The Morgan fingerprint density at radius 2 is 2.25 bits per heavy atom. The van der Waals surface area contributed by atoms with E-state index in [1.807, 2.05) is 0 Å². The van der Waals surface area contributed by atoms with E-state index >= 15 is 0 Å². The topological polar surface area (TPSA) is 32.3 Å². The summed E-state index contributed by atoms with van der Waals surface area (Å²) in [4.78, 5) is 0. The number of para-hydroxylation sites is 1. The molecule has 3 heteroatoms. The lowest BCUT2D eigenvalue weighted by atomic mass is 10.1. The van der Waals surface area contributed by atoms with E-state index in [0.717, 1.165) is 0 Å². The largest absolute Gasteiger partial charge is 0.505 e. The SMILES string of the molecule is CC1CCCC1NCc1cccc(F)c1O. The zero-order valence-electron chi connectivity index (χ0n) is 9.54. The number of nitrogens with one attached hydrogen (secondary N) is 1. The van der Waals surface area contributed by atoms with Crippen LogP contribution in [0, 0.1) is 11.7 Å². The lowest BCUT2D eigenvalue weighted by molar-refractivity contribution is 0.402. The van der Waals surface area contributed by atoms with E-state index < -0.39 is 5.82 Å². The molecule has 0 aliphatic heterocycles. The summed E-state index contributed by atoms with van der Waals surface area (Å²) in [6.45, 7) is 2.77. The van der Waals surface area contributed by atoms with E-state index in [-0.39, 0.29) is 5.75 Å². The summed E-state index contributed by atoms with van der Waals surface area (Å²) in [6.07, 6.45) is 3.69. The Morgan fingerprint density at radius 1 is 1.44 bits per heavy atom. The molecule has 0 radical (unpaired) electrons. The van der Waals surface area contributed by atoms with Gasteiger partial charge in [-0.2, -0.15) is 0 Å². The van der Waals surface area contributed by atoms with Gasteiger partial charge in [0.05, 0.1) is 0 Å². The van der Waals surface area contributed by atoms with Gasteiger partial charge in [0.15, 0.2) is 11.6 Å². The van der Waals surface area contributed by atoms with Crippen LogP contribution in [0.1, 0.15) is 31.7 Å². The van der Waals surface area contributed by atoms with Crippen LogP contribution in [0.4, 0.5) is 4.39 Å². The highest BCUT2D eigenvalue weighted by molar-refractivity contribution is 5.33. The number of rotatable bonds is 3. The summed E-state index contributed by atoms with van der Waals surface area (Å²) >= 11 is 0. The number of phenolic OH excluding ortho intramolecular Hbond substituents is 1. The Bertz CT molecular complexity index is 367. The highest BCUT2D eigenvalue weighted by atomic mass is 19.1. The normalized spacial score (nSPS) is 24.9. The smallest absolute Gasteiger partial charge is 0.165 e. The van der Waals surface area contributed by atoms with Gasteiger partial charge >= 0.3 is 0 Å². The average molecular weight is 223 g/mol. The minimum atomic E-state index is -0.543. The molecule has 1 fully saturated rings. The minimum Gasteiger partial charge on any atom is -0.505 e. The number of benzene rings is 1. The monoisotopic (exact) mass is 223 g/mol. The summed E-state index contributed by atoms with van der Waals surface area (Å²) in [7, 11) is 0. The second kappa shape index (κ2) is 4.83. The van der Waals surface area contributed by atoms with Crippen molar-refractivity contribution < 1.29 is 9.50 Å². The third-order valence-electron chi connectivity index (χ3n) is 3.49. The lowest BCUT2D eigenvalue weighted by Gasteiger charge is -2.17. The van der Waals surface area contributed by atoms with Crippen LogP contribution in [0.15, 0.2) is 18.2 Å². The summed E-state index contributed by atoms with van der Waals surface area (Å²) in [6, 6.07) is 5.16. The van der Waals surface area contributed by atoms with Gasteiger partial charge in [0, 0.05) is 18.2 Å². The molecule has 1 aliphatic rings. The standard InChI is InChI=1S/C13H18FNO/c1-9-4-2-7-12(9)15-8-10-5-3-6-11(14)13(10)16/h3,5-6,9,12,15-16H,2,4,7-8H2,1H3. The van der Waals surface area contributed by atoms with Gasteiger partial charge in [-0.3, -0.25) is 0 Å². The van der Waals surface area contributed by atoms with Crippen molar-refractivity contribution in [3.05, 3.63) is 29.6 Å². The van der Waals surface area contributed by atoms with Crippen LogP contribution in [0.3, 0.4) is 0 Å². The zero-order valence-corrected chi connectivity index (χ0v) is 9.54. The fourth-order valence-corrected chi connectivity index (χ4v) is 2.39. The number of aromatic hydroxyl groups is 1. The highest BCUT2D eigenvalue weighted by Gasteiger charge is 2.22. The Hall–Kier alpha value is -1.09. The molecule has 88 valence electrons. The summed E-state index contributed by atoms with van der Waals surface area (Å²) < 4.78 is 13.1. The second-order valence-corrected chi connectivity index (χ2v) is 4.64. The first-order valence-corrected chi connectivity index (χ1v) is 5.88. The first-order chi connectivity index (χ1) is 7.68. The first kappa shape index (κ1) is 11.4. The molecular formula is C13H18FNO. The molecule has 0 aromatic heterocycles. The van der Waals surface area contributed by atoms with Crippen molar-refractivity contribution in [3.63, 3.8) is 0 Å². The van der Waals surface area contributed by atoms with Crippen LogP contribution in [0.25, 0.3) is 0 Å². The van der Waals surface area contributed by atoms with Crippen LogP contribution in [0.5, 0.6) is 5.75 Å². The quantitative estimate of drug-likeness (QED) is 0.825. The maximum Gasteiger partial charge on any atom is 0.165 e. The molecule has 2 unspecified atom stereocenters. The van der Waals surface area contributed by atoms with Crippen molar-refractivity contribution in [2.24, 2.45) is 5.92 Å². The van der Waals surface area contributed by atoms with Crippen LogP contribution in [-0.4, -0.2) is 11.1 Å². The van der Waals surface area contributed by atoms with Crippen LogP contribution in [-0.2, 0) is 6.54 Å². The van der Waals surface area contributed by atoms with E-state index in [1.165, 1.54) is 25.3 Å². The van der Waals surface area contributed by atoms with E-state index in [2.05, 4.69) is 12.2 Å². The van der Waals surface area contributed by atoms with Crippen LogP contribution < -0.4 is 5.32 Å². The van der Waals surface area contributed by atoms with Crippen LogP contribution in [0.2, 0.25) is 0 Å². The van der Waals surface area contributed by atoms with E-state index in [1.54, 1.807) is 12.1 Å². The van der Waals surface area contributed by atoms with E-state index in [4.69, 9.17) is 0 Å². The van der Waals surface area contributed by atoms with Gasteiger partial charge in [0.2, 0.25) is 0 Å². The average Bonchev–Trinajstić information content (AvgIpc) is 2.67. The number of hydrogen-bond donors (Lipinski definition) is 2. The fourth-order valence-electron chi connectivity index (χ4n) is 2.39. The maximum absolute atomic E-state index is 13.1. The molecule has 0 heterocycles. The molecule has 1 aromatic rings. The number of halogens is 1. The first-order valence-electron chi connectivity index (χ1n) is 5.88. The zero-order chi connectivity index (χ0) is 11.5. The summed E-state index contributed by atoms with van der Waals surface area (Å²) in [5.41, 5.74) is 0.638. The van der Waals surface area contributed by atoms with Gasteiger partial charge in [-0.15, -0.1) is 0 Å². The molecule has 1 aromatic carbocycles. The molecule has 0 amide bonds. The van der Waals surface area contributed by atoms with Gasteiger partial charge in [-0.1, -0.05) is 25.5 Å². The van der Waals surface area contributed by atoms with Gasteiger partial charge in [-0.05, 0) is 24.8 Å². The Labute approximate surface area is 95.5 Å². The molecule has 0 spiro atoms. The highest BCUT2D eigenvalue weighted by Crippen LogP contribution is 2.26. The van der Waals surface area contributed by atoms with Crippen molar-refractivity contribution in [1.29, 1.82) is 0 Å². The van der Waals surface area contributed by atoms with Crippen molar-refractivity contribution in [2.75, 3.05) is 0 Å². The summed E-state index contributed by atoms with van der Waals surface area (Å²) in [5, 5.41) is 12.9. The molecule has 0 bridgehead atoms. The molecule has 2 rings (SSSR count). The third-order valence-corrected chi connectivity index (χ3v) is 3.49. The Morgan fingerprint density at radius 3 is 2.94 bits per heavy atom. The van der Waals surface area contributed by atoms with Crippen molar-refractivity contribution in [1.82, 2.24) is 5.32 Å². The minimum absolute atomic E-state index is 0.222. The number of hydrogen-bond acceptors (Lipinski definition) is 2.